The summed E-state index contributed by atoms with van der Waals surface area (Å²) in [7, 11) is 0. The summed E-state index contributed by atoms with van der Waals surface area (Å²) in [6.07, 6.45) is 11.5. The number of esters is 1. The topological polar surface area (TPSA) is 63.6 Å². The molecule has 0 aromatic rings. The molecule has 4 nitrogen and oxygen atoms in total. The van der Waals surface area contributed by atoms with Crippen molar-refractivity contribution in [3.63, 3.8) is 0 Å². The van der Waals surface area contributed by atoms with E-state index in [2.05, 4.69) is 27.7 Å². The predicted molar refractivity (Wildman–Crippen MR) is 97.9 cm³/mol. The molecular weight excluding hydrogens is 304 g/mol. The van der Waals surface area contributed by atoms with Crippen molar-refractivity contribution in [2.75, 3.05) is 0 Å². The number of aliphatic carboxylic acids is 1. The lowest BCUT2D eigenvalue weighted by atomic mass is 9.84. The number of carboxylic acid groups (broad SMARTS) is 1. The molecule has 0 amide bonds. The van der Waals surface area contributed by atoms with Crippen LogP contribution in [0, 0.1) is 11.8 Å². The third-order valence-corrected chi connectivity index (χ3v) is 4.72. The van der Waals surface area contributed by atoms with Crippen LogP contribution in [0.4, 0.5) is 0 Å². The van der Waals surface area contributed by atoms with E-state index < -0.39 is 11.9 Å². The summed E-state index contributed by atoms with van der Waals surface area (Å²) in [4.78, 5) is 22.5. The Labute approximate surface area is 147 Å². The minimum Gasteiger partial charge on any atom is -0.478 e. The Balaban J connectivity index is 4.96. The highest BCUT2D eigenvalue weighted by atomic mass is 16.5. The van der Waals surface area contributed by atoms with Gasteiger partial charge in [-0.15, -0.1) is 0 Å². The first-order valence-electron chi connectivity index (χ1n) is 9.59. The van der Waals surface area contributed by atoms with Gasteiger partial charge in [0.25, 0.3) is 0 Å². The largest absolute Gasteiger partial charge is 0.478 e. The minimum atomic E-state index is -1.13. The van der Waals surface area contributed by atoms with Gasteiger partial charge < -0.3 is 9.84 Å². The van der Waals surface area contributed by atoms with E-state index >= 15 is 0 Å². The fraction of sp³-hybridized carbons (Fsp3) is 0.800. The van der Waals surface area contributed by atoms with E-state index in [1.807, 2.05) is 0 Å². The van der Waals surface area contributed by atoms with Crippen LogP contribution in [-0.4, -0.2) is 23.1 Å². The number of hydrogen-bond acceptors (Lipinski definition) is 3. The van der Waals surface area contributed by atoms with E-state index in [0.717, 1.165) is 57.1 Å². The van der Waals surface area contributed by atoms with Crippen molar-refractivity contribution in [3.05, 3.63) is 12.2 Å². The van der Waals surface area contributed by atoms with Gasteiger partial charge in [-0.1, -0.05) is 66.2 Å². The SMILES string of the molecule is CCCCC(CC)CC(OC(=O)C=CC(=O)O)C(CC)CCCC. The molecule has 3 unspecified atom stereocenters. The highest BCUT2D eigenvalue weighted by Gasteiger charge is 2.25. The molecule has 0 saturated carbocycles. The molecule has 0 spiro atoms. The van der Waals surface area contributed by atoms with Crippen molar-refractivity contribution in [2.24, 2.45) is 11.8 Å². The Morgan fingerprint density at radius 1 is 0.958 bits per heavy atom. The number of carbonyl (C=O) groups is 2. The van der Waals surface area contributed by atoms with E-state index in [1.165, 1.54) is 12.8 Å². The molecule has 0 radical (unpaired) electrons. The molecule has 0 rings (SSSR count). The van der Waals surface area contributed by atoms with Gasteiger partial charge in [0.1, 0.15) is 6.10 Å². The standard InChI is InChI=1S/C20H36O4/c1-5-9-11-16(7-3)15-18(17(8-4)12-10-6-2)24-20(23)14-13-19(21)22/h13-14,16-18H,5-12,15H2,1-4H3,(H,21,22). The molecule has 0 aliphatic heterocycles. The van der Waals surface area contributed by atoms with Crippen LogP contribution in [0.5, 0.6) is 0 Å². The summed E-state index contributed by atoms with van der Waals surface area (Å²) in [5.41, 5.74) is 0. The van der Waals surface area contributed by atoms with Gasteiger partial charge >= 0.3 is 11.9 Å². The predicted octanol–water partition coefficient (Wildman–Crippen LogP) is 5.36. The summed E-state index contributed by atoms with van der Waals surface area (Å²) < 4.78 is 5.67. The van der Waals surface area contributed by atoms with E-state index in [4.69, 9.17) is 9.84 Å². The van der Waals surface area contributed by atoms with Crippen LogP contribution in [0.25, 0.3) is 0 Å². The van der Waals surface area contributed by atoms with Crippen molar-refractivity contribution in [1.82, 2.24) is 0 Å². The molecule has 140 valence electrons. The van der Waals surface area contributed by atoms with Crippen LogP contribution in [0.2, 0.25) is 0 Å². The van der Waals surface area contributed by atoms with Gasteiger partial charge in [-0.05, 0) is 31.1 Å². The minimum absolute atomic E-state index is 0.116. The molecule has 4 heteroatoms. The average molecular weight is 341 g/mol. The van der Waals surface area contributed by atoms with Gasteiger partial charge in [-0.3, -0.25) is 0 Å². The molecule has 0 aliphatic rings. The van der Waals surface area contributed by atoms with Gasteiger partial charge in [0.15, 0.2) is 0 Å². The zero-order valence-electron chi connectivity index (χ0n) is 15.9. The maximum Gasteiger partial charge on any atom is 0.331 e. The lowest BCUT2D eigenvalue weighted by molar-refractivity contribution is -0.147. The van der Waals surface area contributed by atoms with Gasteiger partial charge in [0.2, 0.25) is 0 Å². The van der Waals surface area contributed by atoms with Gasteiger partial charge in [0, 0.05) is 12.2 Å². The number of unbranched alkanes of at least 4 members (excludes halogenated alkanes) is 2. The van der Waals surface area contributed by atoms with Crippen molar-refractivity contribution in [2.45, 2.75) is 91.6 Å². The third kappa shape index (κ3) is 10.5. The first kappa shape index (κ1) is 22.7. The molecule has 0 aromatic carbocycles. The van der Waals surface area contributed by atoms with Crippen LogP contribution >= 0.6 is 0 Å². The van der Waals surface area contributed by atoms with E-state index in [9.17, 15) is 9.59 Å². The van der Waals surface area contributed by atoms with E-state index in [-0.39, 0.29) is 6.10 Å². The van der Waals surface area contributed by atoms with Crippen LogP contribution in [-0.2, 0) is 14.3 Å². The number of carboxylic acids is 1. The molecule has 0 heterocycles. The Bertz CT molecular complexity index is 376. The lowest BCUT2D eigenvalue weighted by Gasteiger charge is -2.29. The maximum absolute atomic E-state index is 12.0. The first-order valence-corrected chi connectivity index (χ1v) is 9.59. The third-order valence-electron chi connectivity index (χ3n) is 4.72. The van der Waals surface area contributed by atoms with Crippen LogP contribution in [0.3, 0.4) is 0 Å². The zero-order chi connectivity index (χ0) is 18.4. The summed E-state index contributed by atoms with van der Waals surface area (Å²) >= 11 is 0. The second kappa shape index (κ2) is 14.1. The summed E-state index contributed by atoms with van der Waals surface area (Å²) in [6.45, 7) is 8.69. The molecule has 3 atom stereocenters. The van der Waals surface area contributed by atoms with E-state index in [1.54, 1.807) is 0 Å². The highest BCUT2D eigenvalue weighted by Crippen LogP contribution is 2.28. The molecule has 0 aliphatic carbocycles. The zero-order valence-corrected chi connectivity index (χ0v) is 15.9. The molecule has 0 saturated heterocycles. The van der Waals surface area contributed by atoms with Crippen molar-refractivity contribution < 1.29 is 19.4 Å². The normalized spacial score (nSPS) is 15.2. The summed E-state index contributed by atoms with van der Waals surface area (Å²) in [5.74, 6) is -0.761. The molecule has 1 N–H and O–H groups in total. The number of rotatable bonds is 14. The van der Waals surface area contributed by atoms with Gasteiger partial charge in [-0.2, -0.15) is 0 Å². The monoisotopic (exact) mass is 340 g/mol. The smallest absolute Gasteiger partial charge is 0.331 e. The Kier molecular flexibility index (Phi) is 13.3. The van der Waals surface area contributed by atoms with Gasteiger partial charge in [0.05, 0.1) is 0 Å². The Hall–Kier alpha value is -1.32. The van der Waals surface area contributed by atoms with Crippen molar-refractivity contribution in [1.29, 1.82) is 0 Å². The molecule has 0 bridgehead atoms. The lowest BCUT2D eigenvalue weighted by Crippen LogP contribution is -2.29. The maximum atomic E-state index is 12.0. The van der Waals surface area contributed by atoms with Crippen molar-refractivity contribution >= 4 is 11.9 Å². The Morgan fingerprint density at radius 2 is 1.58 bits per heavy atom. The fourth-order valence-corrected chi connectivity index (χ4v) is 3.09. The summed E-state index contributed by atoms with van der Waals surface area (Å²) in [6, 6.07) is 0. The van der Waals surface area contributed by atoms with Crippen LogP contribution in [0.15, 0.2) is 12.2 Å². The van der Waals surface area contributed by atoms with Crippen LogP contribution < -0.4 is 0 Å². The number of ether oxygens (including phenoxy) is 1. The van der Waals surface area contributed by atoms with Crippen molar-refractivity contribution in [3.8, 4) is 0 Å². The van der Waals surface area contributed by atoms with Crippen LogP contribution in [0.1, 0.15) is 85.5 Å². The quantitative estimate of drug-likeness (QED) is 0.341. The molecule has 0 fully saturated rings. The average Bonchev–Trinajstić information content (AvgIpc) is 2.56. The first-order chi connectivity index (χ1) is 11.5. The van der Waals surface area contributed by atoms with E-state index in [0.29, 0.717) is 11.8 Å². The molecular formula is C20H36O4. The number of carbonyl (C=O) groups excluding carboxylic acids is 1. The molecule has 0 aromatic heterocycles. The highest BCUT2D eigenvalue weighted by molar-refractivity contribution is 5.90. The van der Waals surface area contributed by atoms with Gasteiger partial charge in [-0.25, -0.2) is 9.59 Å². The summed E-state index contributed by atoms with van der Waals surface area (Å²) in [5, 5.41) is 8.65. The Morgan fingerprint density at radius 3 is 2.08 bits per heavy atom. The fourth-order valence-electron chi connectivity index (χ4n) is 3.09. The number of hydrogen-bond donors (Lipinski definition) is 1. The molecule has 24 heavy (non-hydrogen) atoms. The second-order valence-corrected chi connectivity index (χ2v) is 6.61. The second-order valence-electron chi connectivity index (χ2n) is 6.61.